The predicted octanol–water partition coefficient (Wildman–Crippen LogP) is 2.59. The molecule has 2 heterocycles. The lowest BCUT2D eigenvalue weighted by Gasteiger charge is -2.05. The van der Waals surface area contributed by atoms with Crippen molar-refractivity contribution in [3.8, 4) is 0 Å². The second kappa shape index (κ2) is 6.90. The average Bonchev–Trinajstić information content (AvgIpc) is 2.49. The maximum Gasteiger partial charge on any atom is 0.0346 e. The molecule has 20 heavy (non-hydrogen) atoms. The lowest BCUT2D eigenvalue weighted by Crippen LogP contribution is -2.24. The molecule has 1 aromatic rings. The van der Waals surface area contributed by atoms with E-state index in [9.17, 15) is 0 Å². The summed E-state index contributed by atoms with van der Waals surface area (Å²) in [5, 5.41) is 2.24. The first-order chi connectivity index (χ1) is 9.74. The van der Waals surface area contributed by atoms with Crippen LogP contribution in [0.2, 0.25) is 0 Å². The molecule has 0 aliphatic carbocycles. The number of pyridine rings is 1. The summed E-state index contributed by atoms with van der Waals surface area (Å²) >= 11 is 1.60. The quantitative estimate of drug-likeness (QED) is 0.614. The predicted molar refractivity (Wildman–Crippen MR) is 88.9 cm³/mol. The smallest absolute Gasteiger partial charge is 0.0346 e. The summed E-state index contributed by atoms with van der Waals surface area (Å²) in [5.41, 5.74) is 3.97. The van der Waals surface area contributed by atoms with Crippen LogP contribution in [0, 0.1) is 0 Å². The molecule has 3 heteroatoms. The van der Waals surface area contributed by atoms with E-state index < -0.39 is 0 Å². The van der Waals surface area contributed by atoms with E-state index in [2.05, 4.69) is 34.9 Å². The van der Waals surface area contributed by atoms with Crippen molar-refractivity contribution in [2.45, 2.75) is 6.42 Å². The molecule has 0 aromatic carbocycles. The van der Waals surface area contributed by atoms with Crippen molar-refractivity contribution in [1.29, 1.82) is 0 Å². The van der Waals surface area contributed by atoms with Crippen LogP contribution in [0.25, 0.3) is 12.2 Å². The van der Waals surface area contributed by atoms with Gasteiger partial charge in [0.25, 0.3) is 0 Å². The summed E-state index contributed by atoms with van der Waals surface area (Å²) in [7, 11) is 1.78. The number of fused-ring (bicyclic) bond motifs is 1. The van der Waals surface area contributed by atoms with Gasteiger partial charge in [-0.25, -0.2) is 0 Å². The minimum atomic E-state index is 0.802. The summed E-state index contributed by atoms with van der Waals surface area (Å²) in [5.74, 6) is 0. The highest BCUT2D eigenvalue weighted by Gasteiger charge is 2.06. The molecule has 100 valence electrons. The van der Waals surface area contributed by atoms with Crippen molar-refractivity contribution >= 4 is 30.1 Å². The normalized spacial score (nSPS) is 22.4. The van der Waals surface area contributed by atoms with Crippen molar-refractivity contribution in [2.24, 2.45) is 4.99 Å². The zero-order chi connectivity index (χ0) is 14.4. The summed E-state index contributed by atoms with van der Waals surface area (Å²) in [4.78, 5) is 10.3. The van der Waals surface area contributed by atoms with Crippen LogP contribution >= 0.6 is 11.8 Å². The molecule has 0 amide bonds. The molecule has 0 saturated carbocycles. The molecule has 0 saturated heterocycles. The Kier molecular flexibility index (Phi) is 4.94. The third-order valence-corrected chi connectivity index (χ3v) is 3.80. The van der Waals surface area contributed by atoms with E-state index in [0.29, 0.717) is 0 Å². The van der Waals surface area contributed by atoms with Crippen LogP contribution in [0.1, 0.15) is 6.42 Å². The highest BCUT2D eigenvalue weighted by atomic mass is 32.2. The SMILES string of the molecule is C=C=C/C1=C(\C=NC)C/C=c2/ccnc/c2=C/C(=C)S1. The Labute approximate surface area is 123 Å². The van der Waals surface area contributed by atoms with Crippen molar-refractivity contribution < 1.29 is 0 Å². The molecule has 0 unspecified atom stereocenters. The van der Waals surface area contributed by atoms with E-state index in [0.717, 1.165) is 32.2 Å². The van der Waals surface area contributed by atoms with Gasteiger partial charge >= 0.3 is 0 Å². The third-order valence-electron chi connectivity index (χ3n) is 2.82. The topological polar surface area (TPSA) is 25.2 Å². The van der Waals surface area contributed by atoms with Gasteiger partial charge in [0.2, 0.25) is 0 Å². The summed E-state index contributed by atoms with van der Waals surface area (Å²) < 4.78 is 0. The van der Waals surface area contributed by atoms with Crippen LogP contribution in [-0.2, 0) is 0 Å². The van der Waals surface area contributed by atoms with Crippen molar-refractivity contribution in [1.82, 2.24) is 4.98 Å². The molecule has 0 spiro atoms. The second-order valence-electron chi connectivity index (χ2n) is 4.25. The van der Waals surface area contributed by atoms with Crippen LogP contribution in [0.4, 0.5) is 0 Å². The van der Waals surface area contributed by atoms with Gasteiger partial charge in [0.05, 0.1) is 0 Å². The Hall–Kier alpha value is -2.09. The fourth-order valence-electron chi connectivity index (χ4n) is 1.94. The van der Waals surface area contributed by atoms with Crippen molar-refractivity contribution in [3.05, 3.63) is 69.2 Å². The standard InChI is InChI=1S/C17H16N2S/c1-4-5-17-15(11-18-3)7-6-14-8-9-19-12-16(14)10-13(2)20-17/h5-6,8-12H,1-2,7H2,3H3/b14-6-,16-10-,17-15+,18-11?. The lowest BCUT2D eigenvalue weighted by atomic mass is 10.1. The van der Waals surface area contributed by atoms with E-state index in [1.165, 1.54) is 0 Å². The number of allylic oxidation sites excluding steroid dienone is 3. The lowest BCUT2D eigenvalue weighted by molar-refractivity contribution is 1.26. The van der Waals surface area contributed by atoms with E-state index in [4.69, 9.17) is 0 Å². The van der Waals surface area contributed by atoms with Crippen LogP contribution in [-0.4, -0.2) is 18.2 Å². The molecule has 2 rings (SSSR count). The minimum absolute atomic E-state index is 0.802. The molecule has 0 bridgehead atoms. The molecular formula is C17H16N2S. The Balaban J connectivity index is 2.64. The third kappa shape index (κ3) is 3.47. The summed E-state index contributed by atoms with van der Waals surface area (Å²) in [6.07, 6.45) is 12.5. The number of aliphatic imine (C=N–C) groups is 1. The van der Waals surface area contributed by atoms with Crippen molar-refractivity contribution in [2.75, 3.05) is 7.05 Å². The van der Waals surface area contributed by atoms with E-state index in [1.807, 2.05) is 30.6 Å². The largest absolute Gasteiger partial charge is 0.296 e. The van der Waals surface area contributed by atoms with Crippen LogP contribution in [0.3, 0.4) is 0 Å². The van der Waals surface area contributed by atoms with E-state index >= 15 is 0 Å². The number of aromatic nitrogens is 1. The van der Waals surface area contributed by atoms with Gasteiger partial charge in [-0.2, -0.15) is 0 Å². The monoisotopic (exact) mass is 280 g/mol. The highest BCUT2D eigenvalue weighted by molar-refractivity contribution is 8.07. The Morgan fingerprint density at radius 3 is 3.05 bits per heavy atom. The van der Waals surface area contributed by atoms with Gasteiger partial charge in [-0.1, -0.05) is 31.0 Å². The van der Waals surface area contributed by atoms with Gasteiger partial charge in [-0.3, -0.25) is 9.98 Å². The second-order valence-corrected chi connectivity index (χ2v) is 5.42. The first-order valence-electron chi connectivity index (χ1n) is 6.24. The van der Waals surface area contributed by atoms with Gasteiger partial charge in [-0.05, 0) is 35.4 Å². The van der Waals surface area contributed by atoms with Gasteiger partial charge in [0.1, 0.15) is 0 Å². The summed E-state index contributed by atoms with van der Waals surface area (Å²) in [6.45, 7) is 7.76. The molecule has 0 fully saturated rings. The zero-order valence-corrected chi connectivity index (χ0v) is 12.3. The van der Waals surface area contributed by atoms with Gasteiger partial charge in [-0.15, -0.1) is 5.73 Å². The molecule has 0 N–H and O–H groups in total. The fourth-order valence-corrected chi connectivity index (χ4v) is 2.82. The number of rotatable bonds is 2. The number of thioether (sulfide) groups is 1. The zero-order valence-electron chi connectivity index (χ0n) is 11.5. The number of hydrogen-bond donors (Lipinski definition) is 0. The van der Waals surface area contributed by atoms with Crippen molar-refractivity contribution in [3.63, 3.8) is 0 Å². The van der Waals surface area contributed by atoms with Crippen LogP contribution in [0.5, 0.6) is 0 Å². The molecule has 1 aromatic heterocycles. The first-order valence-corrected chi connectivity index (χ1v) is 7.06. The van der Waals surface area contributed by atoms with Crippen LogP contribution in [0.15, 0.2) is 63.8 Å². The fraction of sp³-hybridized carbons (Fsp3) is 0.118. The van der Waals surface area contributed by atoms with Gasteiger partial charge < -0.3 is 0 Å². The molecular weight excluding hydrogens is 264 g/mol. The number of hydrogen-bond acceptors (Lipinski definition) is 3. The van der Waals surface area contributed by atoms with Gasteiger partial charge in [0.15, 0.2) is 0 Å². The molecule has 1 aliphatic heterocycles. The minimum Gasteiger partial charge on any atom is -0.296 e. The number of nitrogens with zero attached hydrogens (tertiary/aromatic N) is 2. The maximum atomic E-state index is 4.17. The summed E-state index contributed by atoms with van der Waals surface area (Å²) in [6, 6.07) is 2.01. The Morgan fingerprint density at radius 1 is 1.45 bits per heavy atom. The molecule has 0 atom stereocenters. The van der Waals surface area contributed by atoms with E-state index in [-0.39, 0.29) is 0 Å². The molecule has 2 nitrogen and oxygen atoms in total. The maximum absolute atomic E-state index is 4.17. The highest BCUT2D eigenvalue weighted by Crippen LogP contribution is 2.29. The Bertz CT molecular complexity index is 747. The van der Waals surface area contributed by atoms with E-state index in [1.54, 1.807) is 25.0 Å². The average molecular weight is 280 g/mol. The molecule has 1 aliphatic rings. The van der Waals surface area contributed by atoms with Gasteiger partial charge in [0, 0.05) is 40.7 Å². The Morgan fingerprint density at radius 2 is 2.30 bits per heavy atom. The van der Waals surface area contributed by atoms with Crippen LogP contribution < -0.4 is 10.4 Å². The molecule has 0 radical (unpaired) electrons. The first kappa shape index (κ1) is 14.3.